The molecule has 0 bridgehead atoms. The molecule has 0 amide bonds. The standard InChI is InChI=1S/C14H17BrO2.C14H15BrO2/c2*1-9(16)11-7-12(14(17)8-11)5-10-3-2-4-13(15)6-10/h2-4,6,11-12,14,17H,5,7-8H2,1H3;2-4,6,11-12H,5,7-8H2,1H3/t11-,12-,14?;11-,12-/m00/s1. The fraction of sp³-hybridized carbons (Fsp3) is 0.464. The van der Waals surface area contributed by atoms with Crippen LogP contribution in [0, 0.1) is 23.7 Å². The first kappa shape index (κ1) is 27.0. The predicted octanol–water partition coefficient (Wildman–Crippen LogP) is 6.14. The quantitative estimate of drug-likeness (QED) is 0.438. The van der Waals surface area contributed by atoms with Gasteiger partial charge in [0.15, 0.2) is 0 Å². The van der Waals surface area contributed by atoms with Gasteiger partial charge in [-0.05, 0) is 87.3 Å². The molecule has 2 aromatic rings. The molecule has 4 nitrogen and oxygen atoms in total. The summed E-state index contributed by atoms with van der Waals surface area (Å²) in [4.78, 5) is 34.4. The monoisotopic (exact) mass is 590 g/mol. The third kappa shape index (κ3) is 7.69. The highest BCUT2D eigenvalue weighted by Gasteiger charge is 2.35. The van der Waals surface area contributed by atoms with Crippen molar-refractivity contribution < 1.29 is 19.5 Å². The van der Waals surface area contributed by atoms with Crippen molar-refractivity contribution in [2.75, 3.05) is 0 Å². The molecule has 0 aliphatic heterocycles. The summed E-state index contributed by atoms with van der Waals surface area (Å²) in [6.07, 6.45) is 3.89. The number of halogens is 2. The van der Waals surface area contributed by atoms with Crippen molar-refractivity contribution in [2.45, 2.75) is 58.5 Å². The van der Waals surface area contributed by atoms with Crippen LogP contribution in [0.15, 0.2) is 57.5 Å². The van der Waals surface area contributed by atoms with Gasteiger partial charge in [0, 0.05) is 33.1 Å². The third-order valence-electron chi connectivity index (χ3n) is 7.04. The van der Waals surface area contributed by atoms with Crippen LogP contribution in [-0.2, 0) is 27.2 Å². The molecule has 0 heterocycles. The van der Waals surface area contributed by atoms with E-state index in [0.29, 0.717) is 12.8 Å². The highest BCUT2D eigenvalue weighted by atomic mass is 79.9. The van der Waals surface area contributed by atoms with Gasteiger partial charge >= 0.3 is 0 Å². The molecule has 2 saturated carbocycles. The topological polar surface area (TPSA) is 71.4 Å². The first-order valence-corrected chi connectivity index (χ1v) is 13.4. The molecule has 1 N–H and O–H groups in total. The van der Waals surface area contributed by atoms with E-state index < -0.39 is 0 Å². The molecular weight excluding hydrogens is 560 g/mol. The maximum absolute atomic E-state index is 11.8. The summed E-state index contributed by atoms with van der Waals surface area (Å²) in [5.41, 5.74) is 2.37. The number of aliphatic hydroxyl groups excluding tert-OH is 1. The number of benzene rings is 2. The molecule has 4 rings (SSSR count). The van der Waals surface area contributed by atoms with Gasteiger partial charge in [-0.1, -0.05) is 56.1 Å². The fourth-order valence-electron chi connectivity index (χ4n) is 5.04. The minimum absolute atomic E-state index is 0.0261. The van der Waals surface area contributed by atoms with Crippen molar-refractivity contribution in [2.24, 2.45) is 23.7 Å². The Morgan fingerprint density at radius 1 is 0.853 bits per heavy atom. The van der Waals surface area contributed by atoms with Crippen molar-refractivity contribution in [3.05, 3.63) is 68.6 Å². The largest absolute Gasteiger partial charge is 0.393 e. The van der Waals surface area contributed by atoms with Crippen LogP contribution < -0.4 is 0 Å². The first-order valence-electron chi connectivity index (χ1n) is 11.8. The zero-order chi connectivity index (χ0) is 24.8. The van der Waals surface area contributed by atoms with Gasteiger partial charge in [0.1, 0.15) is 17.3 Å². The Labute approximate surface area is 218 Å². The van der Waals surface area contributed by atoms with E-state index in [9.17, 15) is 19.5 Å². The molecule has 182 valence electrons. The molecular formula is C28H32Br2O4. The number of ketones is 3. The van der Waals surface area contributed by atoms with Crippen LogP contribution in [0.25, 0.3) is 0 Å². The van der Waals surface area contributed by atoms with Crippen molar-refractivity contribution in [3.63, 3.8) is 0 Å². The van der Waals surface area contributed by atoms with E-state index >= 15 is 0 Å². The Morgan fingerprint density at radius 2 is 1.41 bits per heavy atom. The zero-order valence-corrected chi connectivity index (χ0v) is 22.8. The number of rotatable bonds is 6. The Balaban J connectivity index is 0.000000191. The van der Waals surface area contributed by atoms with E-state index in [-0.39, 0.29) is 47.1 Å². The Morgan fingerprint density at radius 3 is 1.88 bits per heavy atom. The molecule has 0 radical (unpaired) electrons. The molecule has 2 aliphatic carbocycles. The molecule has 34 heavy (non-hydrogen) atoms. The molecule has 5 atom stereocenters. The van der Waals surface area contributed by atoms with E-state index in [1.54, 1.807) is 13.8 Å². The summed E-state index contributed by atoms with van der Waals surface area (Å²) in [5.74, 6) is 0.860. The van der Waals surface area contributed by atoms with Crippen LogP contribution in [0.1, 0.15) is 50.7 Å². The maximum atomic E-state index is 11.8. The summed E-state index contributed by atoms with van der Waals surface area (Å²) in [7, 11) is 0. The van der Waals surface area contributed by atoms with Gasteiger partial charge in [-0.2, -0.15) is 0 Å². The highest BCUT2D eigenvalue weighted by Crippen LogP contribution is 2.34. The minimum Gasteiger partial charge on any atom is -0.393 e. The maximum Gasteiger partial charge on any atom is 0.137 e. The van der Waals surface area contributed by atoms with Crippen molar-refractivity contribution >= 4 is 49.2 Å². The SMILES string of the molecule is CC(=O)[C@@H]1CC(=O)[C@@H](Cc2cccc(Br)c2)C1.CC(=O)[C@@H]1CC(O)[C@@H](Cc2cccc(Br)c2)C1. The summed E-state index contributed by atoms with van der Waals surface area (Å²) in [5, 5.41) is 9.97. The second-order valence-corrected chi connectivity index (χ2v) is 11.5. The van der Waals surface area contributed by atoms with Gasteiger partial charge in [0.05, 0.1) is 6.10 Å². The summed E-state index contributed by atoms with van der Waals surface area (Å²) >= 11 is 6.87. The van der Waals surface area contributed by atoms with E-state index in [4.69, 9.17) is 0 Å². The van der Waals surface area contributed by atoms with Crippen molar-refractivity contribution in [1.29, 1.82) is 0 Å². The lowest BCUT2D eigenvalue weighted by Crippen LogP contribution is -2.15. The first-order chi connectivity index (χ1) is 16.1. The van der Waals surface area contributed by atoms with Crippen molar-refractivity contribution in [1.82, 2.24) is 0 Å². The smallest absolute Gasteiger partial charge is 0.137 e. The number of hydrogen-bond acceptors (Lipinski definition) is 4. The predicted molar refractivity (Wildman–Crippen MR) is 140 cm³/mol. The van der Waals surface area contributed by atoms with Crippen LogP contribution in [-0.4, -0.2) is 28.6 Å². The lowest BCUT2D eigenvalue weighted by molar-refractivity contribution is -0.124. The molecule has 1 unspecified atom stereocenters. The van der Waals surface area contributed by atoms with Gasteiger partial charge in [0.25, 0.3) is 0 Å². The number of Topliss-reactive ketones (excluding diaryl/α,β-unsaturated/α-hetero) is 3. The molecule has 0 aromatic heterocycles. The van der Waals surface area contributed by atoms with Gasteiger partial charge in [-0.3, -0.25) is 14.4 Å². The fourth-order valence-corrected chi connectivity index (χ4v) is 5.94. The second-order valence-electron chi connectivity index (χ2n) is 9.69. The Hall–Kier alpha value is -1.63. The average Bonchev–Trinajstić information content (AvgIpc) is 3.32. The summed E-state index contributed by atoms with van der Waals surface area (Å²) in [6, 6.07) is 16.1. The van der Waals surface area contributed by atoms with E-state index in [1.165, 1.54) is 5.56 Å². The number of carbonyl (C=O) groups is 3. The second kappa shape index (κ2) is 12.4. The molecule has 0 spiro atoms. The number of aliphatic hydroxyl groups is 1. The van der Waals surface area contributed by atoms with Crippen LogP contribution in [0.4, 0.5) is 0 Å². The molecule has 2 aliphatic rings. The lowest BCUT2D eigenvalue weighted by atomic mass is 9.95. The van der Waals surface area contributed by atoms with Crippen molar-refractivity contribution in [3.8, 4) is 0 Å². The average molecular weight is 592 g/mol. The third-order valence-corrected chi connectivity index (χ3v) is 8.02. The molecule has 2 fully saturated rings. The molecule has 0 saturated heterocycles. The van der Waals surface area contributed by atoms with Gasteiger partial charge in [0.2, 0.25) is 0 Å². The van der Waals surface area contributed by atoms with Crippen LogP contribution in [0.2, 0.25) is 0 Å². The van der Waals surface area contributed by atoms with Gasteiger partial charge < -0.3 is 5.11 Å². The van der Waals surface area contributed by atoms with Crippen LogP contribution >= 0.6 is 31.9 Å². The summed E-state index contributed by atoms with van der Waals surface area (Å²) in [6.45, 7) is 3.21. The zero-order valence-electron chi connectivity index (χ0n) is 19.7. The Bertz CT molecular complexity index is 1030. The van der Waals surface area contributed by atoms with E-state index in [2.05, 4.69) is 44.0 Å². The number of carbonyl (C=O) groups excluding carboxylic acids is 3. The lowest BCUT2D eigenvalue weighted by Gasteiger charge is -2.14. The van der Waals surface area contributed by atoms with Crippen LogP contribution in [0.5, 0.6) is 0 Å². The Kier molecular flexibility index (Phi) is 9.81. The number of hydrogen-bond donors (Lipinski definition) is 1. The van der Waals surface area contributed by atoms with E-state index in [0.717, 1.165) is 40.2 Å². The van der Waals surface area contributed by atoms with Crippen LogP contribution in [0.3, 0.4) is 0 Å². The molecule has 2 aromatic carbocycles. The van der Waals surface area contributed by atoms with Gasteiger partial charge in [-0.15, -0.1) is 0 Å². The summed E-state index contributed by atoms with van der Waals surface area (Å²) < 4.78 is 2.09. The highest BCUT2D eigenvalue weighted by molar-refractivity contribution is 9.10. The van der Waals surface area contributed by atoms with E-state index in [1.807, 2.05) is 36.4 Å². The minimum atomic E-state index is -0.331. The normalized spacial score (nSPS) is 26.1. The molecule has 6 heteroatoms. The van der Waals surface area contributed by atoms with Gasteiger partial charge in [-0.25, -0.2) is 0 Å².